The molecule has 0 spiro atoms. The first-order chi connectivity index (χ1) is 13.1. The van der Waals surface area contributed by atoms with Gasteiger partial charge in [-0.15, -0.1) is 0 Å². The van der Waals surface area contributed by atoms with Crippen LogP contribution in [-0.2, 0) is 6.42 Å². The van der Waals surface area contributed by atoms with Gasteiger partial charge >= 0.3 is 0 Å². The maximum absolute atomic E-state index is 12.6. The highest BCUT2D eigenvalue weighted by Gasteiger charge is 2.27. The molecule has 27 heavy (non-hydrogen) atoms. The summed E-state index contributed by atoms with van der Waals surface area (Å²) in [5.41, 5.74) is 1.91. The number of amides is 2. The lowest BCUT2D eigenvalue weighted by atomic mass is 10.1. The van der Waals surface area contributed by atoms with Crippen molar-refractivity contribution in [2.45, 2.75) is 25.3 Å². The van der Waals surface area contributed by atoms with Gasteiger partial charge in [0.2, 0.25) is 5.82 Å². The maximum Gasteiger partial charge on any atom is 0.287 e. The van der Waals surface area contributed by atoms with E-state index in [-0.39, 0.29) is 29.4 Å². The summed E-state index contributed by atoms with van der Waals surface area (Å²) in [5.74, 6) is -0.319. The second-order valence-electron chi connectivity index (χ2n) is 6.62. The van der Waals surface area contributed by atoms with E-state index in [0.29, 0.717) is 23.5 Å². The zero-order valence-corrected chi connectivity index (χ0v) is 15.4. The highest BCUT2D eigenvalue weighted by molar-refractivity contribution is 6.30. The van der Waals surface area contributed by atoms with Crippen LogP contribution in [0.4, 0.5) is 0 Å². The largest absolute Gasteiger partial charge is 0.350 e. The van der Waals surface area contributed by atoms with E-state index in [0.717, 1.165) is 18.4 Å². The molecule has 0 radical (unpaired) electrons. The standard InChI is InChI=1S/C20H19ClN4O2/c21-14-5-3-4-13(12-14)9-10-22-19(26)17-16-6-1-2-11-25(16)18(24-17)20(27)23-15-7-8-15/h1-6,11-12,15H,7-10H2,(H,22,26)(H,23,27). The van der Waals surface area contributed by atoms with Gasteiger partial charge in [0.25, 0.3) is 11.8 Å². The Morgan fingerprint density at radius 2 is 2.00 bits per heavy atom. The highest BCUT2D eigenvalue weighted by atomic mass is 35.5. The van der Waals surface area contributed by atoms with E-state index in [1.165, 1.54) is 0 Å². The fourth-order valence-corrected chi connectivity index (χ4v) is 3.15. The van der Waals surface area contributed by atoms with E-state index in [1.807, 2.05) is 36.4 Å². The molecule has 6 nitrogen and oxygen atoms in total. The van der Waals surface area contributed by atoms with Crippen LogP contribution in [0.2, 0.25) is 5.02 Å². The van der Waals surface area contributed by atoms with Gasteiger partial charge in [0, 0.05) is 23.8 Å². The number of carbonyl (C=O) groups is 2. The summed E-state index contributed by atoms with van der Waals surface area (Å²) in [4.78, 5) is 29.4. The van der Waals surface area contributed by atoms with Crippen LogP contribution in [0.3, 0.4) is 0 Å². The Balaban J connectivity index is 1.50. The Bertz CT molecular complexity index is 1010. The van der Waals surface area contributed by atoms with Crippen LogP contribution in [0.15, 0.2) is 48.7 Å². The van der Waals surface area contributed by atoms with Crippen molar-refractivity contribution >= 4 is 28.9 Å². The molecule has 4 rings (SSSR count). The molecule has 0 atom stereocenters. The molecule has 1 saturated carbocycles. The molecule has 1 aliphatic carbocycles. The van der Waals surface area contributed by atoms with E-state index < -0.39 is 0 Å². The van der Waals surface area contributed by atoms with Crippen molar-refractivity contribution in [1.82, 2.24) is 20.0 Å². The molecular weight excluding hydrogens is 364 g/mol. The van der Waals surface area contributed by atoms with Crippen LogP contribution in [-0.4, -0.2) is 33.8 Å². The van der Waals surface area contributed by atoms with E-state index in [4.69, 9.17) is 11.6 Å². The Hall–Kier alpha value is -2.86. The van der Waals surface area contributed by atoms with Crippen LogP contribution in [0, 0.1) is 0 Å². The summed E-state index contributed by atoms with van der Waals surface area (Å²) in [7, 11) is 0. The van der Waals surface area contributed by atoms with Gasteiger partial charge in [-0.25, -0.2) is 4.98 Å². The molecule has 1 aliphatic rings. The number of aromatic nitrogens is 2. The average Bonchev–Trinajstić information content (AvgIpc) is 3.38. The van der Waals surface area contributed by atoms with E-state index in [1.54, 1.807) is 16.7 Å². The summed E-state index contributed by atoms with van der Waals surface area (Å²) in [6.07, 6.45) is 4.39. The second kappa shape index (κ2) is 7.40. The molecule has 0 bridgehead atoms. The van der Waals surface area contributed by atoms with Gasteiger partial charge in [0.05, 0.1) is 5.52 Å². The molecule has 2 N–H and O–H groups in total. The number of nitrogens with one attached hydrogen (secondary N) is 2. The summed E-state index contributed by atoms with van der Waals surface area (Å²) in [6, 6.07) is 13.2. The van der Waals surface area contributed by atoms with Gasteiger partial charge in [-0.1, -0.05) is 29.8 Å². The van der Waals surface area contributed by atoms with Crippen LogP contribution in [0.5, 0.6) is 0 Å². The third kappa shape index (κ3) is 3.95. The number of carbonyl (C=O) groups excluding carboxylic acids is 2. The van der Waals surface area contributed by atoms with Crippen molar-refractivity contribution in [2.75, 3.05) is 6.54 Å². The van der Waals surface area contributed by atoms with Gasteiger partial charge in [0.15, 0.2) is 5.69 Å². The third-order valence-corrected chi connectivity index (χ3v) is 4.70. The number of halogens is 1. The van der Waals surface area contributed by atoms with Crippen molar-refractivity contribution in [3.63, 3.8) is 0 Å². The zero-order valence-electron chi connectivity index (χ0n) is 14.6. The summed E-state index contributed by atoms with van der Waals surface area (Å²) >= 11 is 5.98. The fraction of sp³-hybridized carbons (Fsp3) is 0.250. The number of pyridine rings is 1. The number of rotatable bonds is 6. The number of fused-ring (bicyclic) bond motifs is 1. The number of nitrogens with zero attached hydrogens (tertiary/aromatic N) is 2. The lowest BCUT2D eigenvalue weighted by Crippen LogP contribution is -2.28. The number of hydrogen-bond acceptors (Lipinski definition) is 3. The van der Waals surface area contributed by atoms with Crippen molar-refractivity contribution in [3.05, 3.63) is 70.8 Å². The molecule has 2 aromatic heterocycles. The van der Waals surface area contributed by atoms with Crippen LogP contribution in [0.25, 0.3) is 5.52 Å². The third-order valence-electron chi connectivity index (χ3n) is 4.47. The van der Waals surface area contributed by atoms with Gasteiger partial charge in [-0.2, -0.15) is 0 Å². The SMILES string of the molecule is O=C(NCCc1cccc(Cl)c1)c1nc(C(=O)NC2CC2)n2ccccc12. The molecule has 138 valence electrons. The molecule has 2 amide bonds. The van der Waals surface area contributed by atoms with Gasteiger partial charge in [0.1, 0.15) is 0 Å². The molecule has 1 fully saturated rings. The number of benzene rings is 1. The molecule has 0 unspecified atom stereocenters. The predicted octanol–water partition coefficient (Wildman–Crippen LogP) is 2.85. The van der Waals surface area contributed by atoms with Gasteiger partial charge in [-0.3, -0.25) is 14.0 Å². The normalized spacial score (nSPS) is 13.5. The minimum absolute atomic E-state index is 0.225. The van der Waals surface area contributed by atoms with E-state index in [2.05, 4.69) is 15.6 Å². The lowest BCUT2D eigenvalue weighted by molar-refractivity contribution is 0.0940. The Kier molecular flexibility index (Phi) is 4.81. The lowest BCUT2D eigenvalue weighted by Gasteiger charge is -2.04. The Labute approximate surface area is 161 Å². The van der Waals surface area contributed by atoms with Crippen molar-refractivity contribution < 1.29 is 9.59 Å². The van der Waals surface area contributed by atoms with E-state index in [9.17, 15) is 9.59 Å². The fourth-order valence-electron chi connectivity index (χ4n) is 2.94. The van der Waals surface area contributed by atoms with Gasteiger partial charge in [-0.05, 0) is 49.1 Å². The van der Waals surface area contributed by atoms with E-state index >= 15 is 0 Å². The Morgan fingerprint density at radius 1 is 1.15 bits per heavy atom. The minimum Gasteiger partial charge on any atom is -0.350 e. The summed E-state index contributed by atoms with van der Waals surface area (Å²) in [6.45, 7) is 0.453. The van der Waals surface area contributed by atoms with Crippen LogP contribution < -0.4 is 10.6 Å². The second-order valence-corrected chi connectivity index (χ2v) is 7.06. The number of imidazole rings is 1. The minimum atomic E-state index is -0.300. The van der Waals surface area contributed by atoms with Gasteiger partial charge < -0.3 is 10.6 Å². The van der Waals surface area contributed by atoms with Crippen molar-refractivity contribution in [2.24, 2.45) is 0 Å². The quantitative estimate of drug-likeness (QED) is 0.688. The summed E-state index contributed by atoms with van der Waals surface area (Å²) < 4.78 is 1.66. The molecule has 7 heteroatoms. The monoisotopic (exact) mass is 382 g/mol. The molecular formula is C20H19ClN4O2. The first-order valence-corrected chi connectivity index (χ1v) is 9.30. The molecule has 1 aromatic carbocycles. The molecule has 0 aliphatic heterocycles. The topological polar surface area (TPSA) is 75.5 Å². The molecule has 3 aromatic rings. The molecule has 0 saturated heterocycles. The zero-order chi connectivity index (χ0) is 18.8. The van der Waals surface area contributed by atoms with Crippen LogP contribution in [0.1, 0.15) is 39.5 Å². The van der Waals surface area contributed by atoms with Crippen molar-refractivity contribution in [1.29, 1.82) is 0 Å². The average molecular weight is 383 g/mol. The van der Waals surface area contributed by atoms with Crippen LogP contribution >= 0.6 is 11.6 Å². The Morgan fingerprint density at radius 3 is 2.78 bits per heavy atom. The molecule has 2 heterocycles. The highest BCUT2D eigenvalue weighted by Crippen LogP contribution is 2.20. The number of hydrogen-bond donors (Lipinski definition) is 2. The first kappa shape index (κ1) is 17.5. The first-order valence-electron chi connectivity index (χ1n) is 8.92. The van der Waals surface area contributed by atoms with Crippen molar-refractivity contribution in [3.8, 4) is 0 Å². The maximum atomic E-state index is 12.6. The summed E-state index contributed by atoms with van der Waals surface area (Å²) in [5, 5.41) is 6.46. The predicted molar refractivity (Wildman–Crippen MR) is 103 cm³/mol. The smallest absolute Gasteiger partial charge is 0.287 e.